The zero-order valence-corrected chi connectivity index (χ0v) is 16.2. The maximum Gasteiger partial charge on any atom is 0.329 e. The van der Waals surface area contributed by atoms with E-state index >= 15 is 0 Å². The molecule has 0 bridgehead atoms. The van der Waals surface area contributed by atoms with Crippen LogP contribution in [0.2, 0.25) is 0 Å². The Morgan fingerprint density at radius 3 is 2.18 bits per heavy atom. The third-order valence-electron chi connectivity index (χ3n) is 4.56. The Labute approximate surface area is 164 Å². The van der Waals surface area contributed by atoms with Crippen molar-refractivity contribution in [2.45, 2.75) is 26.8 Å². The van der Waals surface area contributed by atoms with Gasteiger partial charge >= 0.3 is 5.97 Å². The molecule has 0 aromatic heterocycles. The molecular weight excluding hydrogens is 358 g/mol. The van der Waals surface area contributed by atoms with Crippen LogP contribution in [-0.4, -0.2) is 41.9 Å². The minimum Gasteiger partial charge on any atom is -0.490 e. The molecule has 1 aliphatic rings. The Balaban J connectivity index is 1.63. The lowest BCUT2D eigenvalue weighted by atomic mass is 10.0. The van der Waals surface area contributed by atoms with Gasteiger partial charge in [0.1, 0.15) is 25.0 Å². The lowest BCUT2D eigenvalue weighted by molar-refractivity contribution is -0.150. The van der Waals surface area contributed by atoms with Gasteiger partial charge in [-0.1, -0.05) is 38.1 Å². The summed E-state index contributed by atoms with van der Waals surface area (Å²) in [5.74, 6) is -1.14. The van der Waals surface area contributed by atoms with Gasteiger partial charge in [-0.05, 0) is 42.7 Å². The minimum atomic E-state index is -0.980. The first kappa shape index (κ1) is 19.6. The molecule has 0 fully saturated rings. The smallest absolute Gasteiger partial charge is 0.329 e. The van der Waals surface area contributed by atoms with Crippen molar-refractivity contribution in [2.75, 3.05) is 13.2 Å². The Bertz CT molecular complexity index is 870. The quantitative estimate of drug-likeness (QED) is 0.418. The van der Waals surface area contributed by atoms with Crippen LogP contribution in [-0.2, 0) is 9.53 Å². The standard InChI is InChI=1S/C22H23NO5/c1-14(2)19(23-20(24)17-9-4-5-10-18(17)21(23)25)22(26)28-12-11-27-16-8-6-7-15(3)13-16/h4-10,13-14,19H,11-12H2,1-3H3/t19-/m0/s1. The number of hydrogen-bond acceptors (Lipinski definition) is 5. The first-order valence-corrected chi connectivity index (χ1v) is 9.23. The molecule has 1 heterocycles. The van der Waals surface area contributed by atoms with Crippen LogP contribution >= 0.6 is 0 Å². The molecule has 146 valence electrons. The van der Waals surface area contributed by atoms with Gasteiger partial charge in [-0.2, -0.15) is 0 Å². The largest absolute Gasteiger partial charge is 0.490 e. The minimum absolute atomic E-state index is 0.0269. The van der Waals surface area contributed by atoms with Crippen LogP contribution in [0.1, 0.15) is 40.1 Å². The fourth-order valence-electron chi connectivity index (χ4n) is 3.23. The van der Waals surface area contributed by atoms with Crippen LogP contribution in [0.25, 0.3) is 0 Å². The van der Waals surface area contributed by atoms with Crippen molar-refractivity contribution in [3.8, 4) is 5.75 Å². The van der Waals surface area contributed by atoms with Crippen molar-refractivity contribution in [3.63, 3.8) is 0 Å². The van der Waals surface area contributed by atoms with Gasteiger partial charge in [0.15, 0.2) is 0 Å². The molecule has 0 spiro atoms. The number of hydrogen-bond donors (Lipinski definition) is 0. The summed E-state index contributed by atoms with van der Waals surface area (Å²) in [6.45, 7) is 5.72. The van der Waals surface area contributed by atoms with Crippen LogP contribution in [0.5, 0.6) is 5.75 Å². The van der Waals surface area contributed by atoms with E-state index in [2.05, 4.69) is 0 Å². The number of imide groups is 1. The fraction of sp³-hybridized carbons (Fsp3) is 0.318. The summed E-state index contributed by atoms with van der Waals surface area (Å²) in [6.07, 6.45) is 0. The first-order valence-electron chi connectivity index (χ1n) is 9.23. The van der Waals surface area contributed by atoms with E-state index < -0.39 is 23.8 Å². The van der Waals surface area contributed by atoms with Crippen LogP contribution < -0.4 is 4.74 Å². The summed E-state index contributed by atoms with van der Waals surface area (Å²) < 4.78 is 10.9. The van der Waals surface area contributed by atoms with E-state index in [0.717, 1.165) is 10.5 Å². The van der Waals surface area contributed by atoms with Crippen molar-refractivity contribution in [1.29, 1.82) is 0 Å². The number of fused-ring (bicyclic) bond motifs is 1. The lowest BCUT2D eigenvalue weighted by Gasteiger charge is -2.27. The highest BCUT2D eigenvalue weighted by atomic mass is 16.6. The van der Waals surface area contributed by atoms with E-state index in [-0.39, 0.29) is 19.1 Å². The van der Waals surface area contributed by atoms with Gasteiger partial charge in [0.2, 0.25) is 0 Å². The van der Waals surface area contributed by atoms with E-state index in [1.807, 2.05) is 31.2 Å². The lowest BCUT2D eigenvalue weighted by Crippen LogP contribution is -2.48. The molecule has 6 nitrogen and oxygen atoms in total. The molecule has 0 aliphatic carbocycles. The summed E-state index contributed by atoms with van der Waals surface area (Å²) in [4.78, 5) is 39.0. The van der Waals surface area contributed by atoms with Crippen molar-refractivity contribution in [3.05, 3.63) is 65.2 Å². The number of rotatable bonds is 7. The number of carbonyl (C=O) groups excluding carboxylic acids is 3. The molecule has 0 unspecified atom stereocenters. The predicted octanol–water partition coefficient (Wildman–Crippen LogP) is 3.24. The second-order valence-electron chi connectivity index (χ2n) is 7.05. The average Bonchev–Trinajstić information content (AvgIpc) is 2.91. The summed E-state index contributed by atoms with van der Waals surface area (Å²) in [7, 11) is 0. The number of esters is 1. The number of amides is 2. The number of benzene rings is 2. The Morgan fingerprint density at radius 2 is 1.61 bits per heavy atom. The molecule has 1 atom stereocenters. The molecule has 6 heteroatoms. The van der Waals surface area contributed by atoms with Crippen molar-refractivity contribution in [2.24, 2.45) is 5.92 Å². The highest BCUT2D eigenvalue weighted by Gasteiger charge is 2.44. The SMILES string of the molecule is Cc1cccc(OCCOC(=O)[C@H](C(C)C)N2C(=O)c3ccccc3C2=O)c1. The van der Waals surface area contributed by atoms with Gasteiger partial charge in [-0.3, -0.25) is 14.5 Å². The van der Waals surface area contributed by atoms with E-state index in [0.29, 0.717) is 16.9 Å². The molecule has 28 heavy (non-hydrogen) atoms. The fourth-order valence-corrected chi connectivity index (χ4v) is 3.23. The first-order chi connectivity index (χ1) is 13.4. The molecule has 2 aromatic rings. The van der Waals surface area contributed by atoms with Crippen molar-refractivity contribution >= 4 is 17.8 Å². The third kappa shape index (κ3) is 3.91. The molecule has 0 saturated carbocycles. The Morgan fingerprint density at radius 1 is 0.964 bits per heavy atom. The summed E-state index contributed by atoms with van der Waals surface area (Å²) in [6, 6.07) is 13.1. The zero-order chi connectivity index (χ0) is 20.3. The van der Waals surface area contributed by atoms with E-state index in [1.54, 1.807) is 38.1 Å². The maximum atomic E-state index is 12.7. The van der Waals surface area contributed by atoms with Crippen LogP contribution in [0.15, 0.2) is 48.5 Å². The second kappa shape index (κ2) is 8.25. The van der Waals surface area contributed by atoms with Crippen molar-refractivity contribution < 1.29 is 23.9 Å². The molecule has 0 N–H and O–H groups in total. The van der Waals surface area contributed by atoms with Crippen molar-refractivity contribution in [1.82, 2.24) is 4.90 Å². The number of nitrogens with zero attached hydrogens (tertiary/aromatic N) is 1. The number of ether oxygens (including phenoxy) is 2. The molecule has 3 rings (SSSR count). The van der Waals surface area contributed by atoms with Gasteiger partial charge in [0.05, 0.1) is 11.1 Å². The predicted molar refractivity (Wildman–Crippen MR) is 103 cm³/mol. The number of aryl methyl sites for hydroxylation is 1. The van der Waals surface area contributed by atoms with E-state index in [9.17, 15) is 14.4 Å². The molecular formula is C22H23NO5. The second-order valence-corrected chi connectivity index (χ2v) is 7.05. The Kier molecular flexibility index (Phi) is 5.78. The zero-order valence-electron chi connectivity index (χ0n) is 16.2. The summed E-state index contributed by atoms with van der Waals surface area (Å²) in [5.41, 5.74) is 1.70. The van der Waals surface area contributed by atoms with Gasteiger partial charge in [-0.15, -0.1) is 0 Å². The highest BCUT2D eigenvalue weighted by Crippen LogP contribution is 2.27. The van der Waals surface area contributed by atoms with Crippen LogP contribution in [0, 0.1) is 12.8 Å². The van der Waals surface area contributed by atoms with Crippen LogP contribution in [0.4, 0.5) is 0 Å². The van der Waals surface area contributed by atoms with E-state index in [1.165, 1.54) is 0 Å². The Hall–Kier alpha value is -3.15. The molecule has 0 radical (unpaired) electrons. The van der Waals surface area contributed by atoms with Gasteiger partial charge in [0, 0.05) is 0 Å². The topological polar surface area (TPSA) is 72.9 Å². The third-order valence-corrected chi connectivity index (χ3v) is 4.56. The summed E-state index contributed by atoms with van der Waals surface area (Å²) in [5, 5.41) is 0. The maximum absolute atomic E-state index is 12.7. The average molecular weight is 381 g/mol. The van der Waals surface area contributed by atoms with E-state index in [4.69, 9.17) is 9.47 Å². The monoisotopic (exact) mass is 381 g/mol. The molecule has 2 amide bonds. The normalized spacial score (nSPS) is 14.2. The number of carbonyl (C=O) groups is 3. The van der Waals surface area contributed by atoms with Gasteiger partial charge in [0.25, 0.3) is 11.8 Å². The summed E-state index contributed by atoms with van der Waals surface area (Å²) >= 11 is 0. The van der Waals surface area contributed by atoms with Gasteiger partial charge < -0.3 is 9.47 Å². The molecule has 0 saturated heterocycles. The van der Waals surface area contributed by atoms with Gasteiger partial charge in [-0.25, -0.2) is 4.79 Å². The molecule has 1 aliphatic heterocycles. The molecule has 2 aromatic carbocycles. The highest BCUT2D eigenvalue weighted by molar-refractivity contribution is 6.22. The van der Waals surface area contributed by atoms with Crippen LogP contribution in [0.3, 0.4) is 0 Å².